The van der Waals surface area contributed by atoms with Gasteiger partial charge in [-0.1, -0.05) is 6.07 Å². The lowest BCUT2D eigenvalue weighted by molar-refractivity contribution is 0.600. The number of sulfone groups is 1. The predicted octanol–water partition coefficient (Wildman–Crippen LogP) is 1.40. The molecule has 0 aliphatic heterocycles. The highest BCUT2D eigenvalue weighted by Crippen LogP contribution is 2.15. The normalized spacial score (nSPS) is 12.2. The van der Waals surface area contributed by atoms with Crippen LogP contribution in [0.2, 0.25) is 0 Å². The number of hydrogen-bond donors (Lipinski definition) is 2. The summed E-state index contributed by atoms with van der Waals surface area (Å²) in [6.45, 7) is 3.48. The zero-order valence-corrected chi connectivity index (χ0v) is 16.7. The highest BCUT2D eigenvalue weighted by molar-refractivity contribution is 7.89. The van der Waals surface area contributed by atoms with Gasteiger partial charge in [-0.05, 0) is 42.2 Å². The molecule has 7 nitrogen and oxygen atoms in total. The first kappa shape index (κ1) is 20.9. The summed E-state index contributed by atoms with van der Waals surface area (Å²) in [4.78, 5) is 4.46. The standard InChI is InChI=1S/C18H26FN5O2S/c1-4-20-18(21-8-7-14-10-23-24(2)12-14)22-11-16-9-17(19)6-5-15(16)13-27(3,25)26/h5-6,9-10,12H,4,7-8,11,13H2,1-3H3,(H2,20,21,22). The number of hydrogen-bond acceptors (Lipinski definition) is 4. The van der Waals surface area contributed by atoms with Crippen molar-refractivity contribution in [2.75, 3.05) is 19.3 Å². The fourth-order valence-corrected chi connectivity index (χ4v) is 3.44. The van der Waals surface area contributed by atoms with Gasteiger partial charge in [0.1, 0.15) is 5.82 Å². The molecule has 2 rings (SSSR count). The summed E-state index contributed by atoms with van der Waals surface area (Å²) in [6.07, 6.45) is 5.72. The molecule has 0 spiro atoms. The number of rotatable bonds is 8. The maximum absolute atomic E-state index is 13.6. The third-order valence-corrected chi connectivity index (χ3v) is 4.64. The number of nitrogens with zero attached hydrogens (tertiary/aromatic N) is 3. The molecule has 1 aromatic heterocycles. The molecule has 148 valence electrons. The number of aryl methyl sites for hydroxylation is 1. The van der Waals surface area contributed by atoms with Crippen molar-refractivity contribution in [2.24, 2.45) is 12.0 Å². The largest absolute Gasteiger partial charge is 0.357 e. The summed E-state index contributed by atoms with van der Waals surface area (Å²) in [6, 6.07) is 4.11. The molecule has 0 fully saturated rings. The quantitative estimate of drug-likeness (QED) is 0.521. The average molecular weight is 396 g/mol. The van der Waals surface area contributed by atoms with E-state index in [-0.39, 0.29) is 12.3 Å². The van der Waals surface area contributed by atoms with Crippen molar-refractivity contribution in [3.63, 3.8) is 0 Å². The van der Waals surface area contributed by atoms with E-state index in [1.165, 1.54) is 18.2 Å². The summed E-state index contributed by atoms with van der Waals surface area (Å²) in [5.74, 6) is 0.0475. The molecule has 0 aliphatic rings. The van der Waals surface area contributed by atoms with Gasteiger partial charge in [0.2, 0.25) is 0 Å². The van der Waals surface area contributed by atoms with Crippen LogP contribution in [0.5, 0.6) is 0 Å². The van der Waals surface area contributed by atoms with Crippen molar-refractivity contribution in [2.45, 2.75) is 25.6 Å². The van der Waals surface area contributed by atoms with E-state index in [4.69, 9.17) is 0 Å². The van der Waals surface area contributed by atoms with Gasteiger partial charge < -0.3 is 10.6 Å². The molecule has 2 aromatic rings. The monoisotopic (exact) mass is 395 g/mol. The molecular formula is C18H26FN5O2S. The molecule has 0 unspecified atom stereocenters. The van der Waals surface area contributed by atoms with Crippen LogP contribution in [0, 0.1) is 5.82 Å². The Bertz CT molecular complexity index is 893. The van der Waals surface area contributed by atoms with Crippen LogP contribution in [0.15, 0.2) is 35.6 Å². The van der Waals surface area contributed by atoms with Gasteiger partial charge in [-0.3, -0.25) is 4.68 Å². The average Bonchev–Trinajstić information content (AvgIpc) is 2.99. The van der Waals surface area contributed by atoms with E-state index in [1.54, 1.807) is 4.68 Å². The molecule has 0 saturated heterocycles. The van der Waals surface area contributed by atoms with Crippen molar-refractivity contribution in [1.29, 1.82) is 0 Å². The Labute approximate surface area is 159 Å². The van der Waals surface area contributed by atoms with Gasteiger partial charge in [0, 0.05) is 32.6 Å². The maximum Gasteiger partial charge on any atom is 0.191 e. The zero-order valence-electron chi connectivity index (χ0n) is 15.9. The van der Waals surface area contributed by atoms with Gasteiger partial charge in [0.25, 0.3) is 0 Å². The van der Waals surface area contributed by atoms with Crippen LogP contribution in [0.1, 0.15) is 23.6 Å². The summed E-state index contributed by atoms with van der Waals surface area (Å²) in [7, 11) is -1.34. The van der Waals surface area contributed by atoms with E-state index in [0.717, 1.165) is 18.2 Å². The molecule has 0 atom stereocenters. The molecule has 0 aliphatic carbocycles. The van der Waals surface area contributed by atoms with Gasteiger partial charge in [-0.15, -0.1) is 0 Å². The first-order chi connectivity index (χ1) is 12.8. The molecule has 1 heterocycles. The number of aromatic nitrogens is 2. The molecule has 0 saturated carbocycles. The number of nitrogens with one attached hydrogen (secondary N) is 2. The number of halogens is 1. The first-order valence-corrected chi connectivity index (χ1v) is 10.8. The van der Waals surface area contributed by atoms with Crippen molar-refractivity contribution in [3.8, 4) is 0 Å². The van der Waals surface area contributed by atoms with Gasteiger partial charge in [0.15, 0.2) is 15.8 Å². The topological polar surface area (TPSA) is 88.4 Å². The van der Waals surface area contributed by atoms with Gasteiger partial charge >= 0.3 is 0 Å². The number of guanidine groups is 1. The van der Waals surface area contributed by atoms with E-state index >= 15 is 0 Å². The highest BCUT2D eigenvalue weighted by Gasteiger charge is 2.11. The van der Waals surface area contributed by atoms with Crippen LogP contribution >= 0.6 is 0 Å². The first-order valence-electron chi connectivity index (χ1n) is 8.71. The summed E-state index contributed by atoms with van der Waals surface area (Å²) >= 11 is 0. The third-order valence-electron chi connectivity index (χ3n) is 3.80. The van der Waals surface area contributed by atoms with E-state index in [2.05, 4.69) is 20.7 Å². The van der Waals surface area contributed by atoms with Crippen LogP contribution in [-0.2, 0) is 35.6 Å². The van der Waals surface area contributed by atoms with Crippen molar-refractivity contribution in [3.05, 3.63) is 53.1 Å². The maximum atomic E-state index is 13.6. The Morgan fingerprint density at radius 3 is 2.70 bits per heavy atom. The fraction of sp³-hybridized carbons (Fsp3) is 0.444. The molecule has 9 heteroatoms. The number of benzene rings is 1. The highest BCUT2D eigenvalue weighted by atomic mass is 32.2. The minimum atomic E-state index is -3.21. The Hall–Kier alpha value is -2.42. The molecular weight excluding hydrogens is 369 g/mol. The lowest BCUT2D eigenvalue weighted by atomic mass is 10.1. The summed E-state index contributed by atoms with van der Waals surface area (Å²) < 4.78 is 38.5. The van der Waals surface area contributed by atoms with Crippen LogP contribution in [0.4, 0.5) is 4.39 Å². The van der Waals surface area contributed by atoms with Crippen LogP contribution < -0.4 is 10.6 Å². The fourth-order valence-electron chi connectivity index (χ4n) is 2.60. The zero-order chi connectivity index (χ0) is 19.9. The minimum Gasteiger partial charge on any atom is -0.357 e. The van der Waals surface area contributed by atoms with E-state index < -0.39 is 15.7 Å². The van der Waals surface area contributed by atoms with Crippen LogP contribution in [0.3, 0.4) is 0 Å². The summed E-state index contributed by atoms with van der Waals surface area (Å²) in [5.41, 5.74) is 2.24. The van der Waals surface area contributed by atoms with E-state index in [9.17, 15) is 12.8 Å². The second kappa shape index (κ2) is 9.50. The van der Waals surface area contributed by atoms with Gasteiger partial charge in [0.05, 0.1) is 18.5 Å². The minimum absolute atomic E-state index is 0.136. The SMILES string of the molecule is CCNC(=NCc1cc(F)ccc1CS(C)(=O)=O)NCCc1cnn(C)c1. The second-order valence-electron chi connectivity index (χ2n) is 6.38. The Kier molecular flexibility index (Phi) is 7.35. The smallest absolute Gasteiger partial charge is 0.191 e. The van der Waals surface area contributed by atoms with Crippen LogP contribution in [0.25, 0.3) is 0 Å². The van der Waals surface area contributed by atoms with Gasteiger partial charge in [-0.2, -0.15) is 5.10 Å². The molecule has 2 N–H and O–H groups in total. The van der Waals surface area contributed by atoms with Crippen molar-refractivity contribution in [1.82, 2.24) is 20.4 Å². The molecule has 0 bridgehead atoms. The predicted molar refractivity (Wildman–Crippen MR) is 105 cm³/mol. The Morgan fingerprint density at radius 1 is 1.30 bits per heavy atom. The molecule has 1 aromatic carbocycles. The third kappa shape index (κ3) is 7.38. The van der Waals surface area contributed by atoms with E-state index in [0.29, 0.717) is 30.2 Å². The van der Waals surface area contributed by atoms with Crippen LogP contribution in [-0.4, -0.2) is 43.5 Å². The molecule has 0 amide bonds. The summed E-state index contributed by atoms with van der Waals surface area (Å²) in [5, 5.41) is 10.5. The lowest BCUT2D eigenvalue weighted by Crippen LogP contribution is -2.38. The molecule has 27 heavy (non-hydrogen) atoms. The van der Waals surface area contributed by atoms with Crippen molar-refractivity contribution < 1.29 is 12.8 Å². The lowest BCUT2D eigenvalue weighted by Gasteiger charge is -2.12. The Balaban J connectivity index is 2.05. The van der Waals surface area contributed by atoms with E-state index in [1.807, 2.05) is 26.4 Å². The number of aliphatic imine (C=N–C) groups is 1. The van der Waals surface area contributed by atoms with Gasteiger partial charge in [-0.25, -0.2) is 17.8 Å². The Morgan fingerprint density at radius 2 is 2.07 bits per heavy atom. The molecule has 0 radical (unpaired) electrons. The second-order valence-corrected chi connectivity index (χ2v) is 8.52. The van der Waals surface area contributed by atoms with Crippen molar-refractivity contribution >= 4 is 15.8 Å².